The molecule has 25 heavy (non-hydrogen) atoms. The number of aliphatic hydroxyl groups is 1. The van der Waals surface area contributed by atoms with Crippen molar-refractivity contribution in [3.05, 3.63) is 41.9 Å². The predicted molar refractivity (Wildman–Crippen MR) is 100 cm³/mol. The molecule has 6 heteroatoms. The molecule has 3 aromatic rings. The molecule has 0 bridgehead atoms. The summed E-state index contributed by atoms with van der Waals surface area (Å²) in [4.78, 5) is 8.67. The first-order valence-electron chi connectivity index (χ1n) is 8.60. The lowest BCUT2D eigenvalue weighted by atomic mass is 10.1. The van der Waals surface area contributed by atoms with Gasteiger partial charge in [0.1, 0.15) is 11.5 Å². The summed E-state index contributed by atoms with van der Waals surface area (Å²) in [6.07, 6.45) is 5.54. The van der Waals surface area contributed by atoms with Crippen molar-refractivity contribution >= 4 is 28.4 Å². The normalized spacial score (nSPS) is 12.3. The Hall–Kier alpha value is -2.60. The fraction of sp³-hybridized carbons (Fsp3) is 0.368. The Morgan fingerprint density at radius 1 is 1.28 bits per heavy atom. The van der Waals surface area contributed by atoms with Gasteiger partial charge in [-0.05, 0) is 32.4 Å². The van der Waals surface area contributed by atoms with Crippen LogP contribution in [0.4, 0.5) is 17.4 Å². The Kier molecular flexibility index (Phi) is 5.19. The molecule has 0 aliphatic carbocycles. The Bertz CT molecular complexity index is 846. The lowest BCUT2D eigenvalue weighted by Crippen LogP contribution is -2.14. The molecule has 3 rings (SSSR count). The highest BCUT2D eigenvalue weighted by molar-refractivity contribution is 6.01. The van der Waals surface area contributed by atoms with E-state index in [1.807, 2.05) is 25.1 Å². The van der Waals surface area contributed by atoms with Crippen molar-refractivity contribution in [2.24, 2.45) is 0 Å². The van der Waals surface area contributed by atoms with Gasteiger partial charge in [-0.15, -0.1) is 0 Å². The number of aryl methyl sites for hydroxylation is 1. The van der Waals surface area contributed by atoms with Gasteiger partial charge in [-0.1, -0.05) is 19.4 Å². The number of nitrogens with one attached hydrogen (secondary N) is 2. The van der Waals surface area contributed by atoms with Crippen molar-refractivity contribution in [1.29, 1.82) is 0 Å². The summed E-state index contributed by atoms with van der Waals surface area (Å²) in [5, 5.41) is 17.4. The van der Waals surface area contributed by atoms with E-state index in [2.05, 4.69) is 34.4 Å². The van der Waals surface area contributed by atoms with Crippen molar-refractivity contribution in [3.63, 3.8) is 0 Å². The zero-order valence-electron chi connectivity index (χ0n) is 14.8. The number of pyridine rings is 2. The molecule has 0 fully saturated rings. The lowest BCUT2D eigenvalue weighted by Gasteiger charge is -2.14. The van der Waals surface area contributed by atoms with Crippen LogP contribution in [0.25, 0.3) is 11.0 Å². The number of anilines is 3. The van der Waals surface area contributed by atoms with Crippen LogP contribution in [-0.2, 0) is 6.61 Å². The van der Waals surface area contributed by atoms with Crippen molar-refractivity contribution < 1.29 is 9.52 Å². The van der Waals surface area contributed by atoms with Gasteiger partial charge >= 0.3 is 0 Å². The quantitative estimate of drug-likeness (QED) is 0.592. The first-order valence-corrected chi connectivity index (χ1v) is 8.60. The smallest absolute Gasteiger partial charge is 0.218 e. The third-order valence-corrected chi connectivity index (χ3v) is 4.16. The Morgan fingerprint density at radius 2 is 2.12 bits per heavy atom. The summed E-state index contributed by atoms with van der Waals surface area (Å²) in [6, 6.07) is 5.95. The molecular weight excluding hydrogens is 316 g/mol. The van der Waals surface area contributed by atoms with Crippen LogP contribution in [0.3, 0.4) is 0 Å². The van der Waals surface area contributed by atoms with Gasteiger partial charge in [0, 0.05) is 24.0 Å². The number of hydrogen-bond acceptors (Lipinski definition) is 6. The van der Waals surface area contributed by atoms with Crippen LogP contribution < -0.4 is 10.6 Å². The van der Waals surface area contributed by atoms with Gasteiger partial charge in [-0.2, -0.15) is 0 Å². The van der Waals surface area contributed by atoms with Crippen LogP contribution in [0.5, 0.6) is 0 Å². The Morgan fingerprint density at radius 3 is 2.80 bits per heavy atom. The monoisotopic (exact) mass is 340 g/mol. The molecule has 0 amide bonds. The molecule has 0 aliphatic rings. The fourth-order valence-corrected chi connectivity index (χ4v) is 2.92. The second-order valence-electron chi connectivity index (χ2n) is 6.21. The van der Waals surface area contributed by atoms with Gasteiger partial charge in [-0.3, -0.25) is 4.98 Å². The van der Waals surface area contributed by atoms with Crippen LogP contribution in [0.1, 0.15) is 37.9 Å². The number of aromatic nitrogens is 2. The SMILES string of the molecule is CCCC(C)Nc1oc2c(C)ncc(CO)c2c1Nc1ccccn1. The predicted octanol–water partition coefficient (Wildman–Crippen LogP) is 4.37. The molecule has 0 saturated heterocycles. The highest BCUT2D eigenvalue weighted by Crippen LogP contribution is 2.40. The molecule has 0 radical (unpaired) electrons. The average molecular weight is 340 g/mol. The minimum absolute atomic E-state index is 0.107. The number of hydrogen-bond donors (Lipinski definition) is 3. The van der Waals surface area contributed by atoms with Crippen LogP contribution in [0.2, 0.25) is 0 Å². The number of furan rings is 1. The summed E-state index contributed by atoms with van der Waals surface area (Å²) in [5.74, 6) is 1.36. The molecule has 0 spiro atoms. The summed E-state index contributed by atoms with van der Waals surface area (Å²) in [6.45, 7) is 6.07. The first kappa shape index (κ1) is 17.2. The van der Waals surface area contributed by atoms with Crippen LogP contribution in [0.15, 0.2) is 35.0 Å². The van der Waals surface area contributed by atoms with Gasteiger partial charge < -0.3 is 20.2 Å². The molecule has 1 atom stereocenters. The maximum absolute atomic E-state index is 9.75. The van der Waals surface area contributed by atoms with E-state index < -0.39 is 0 Å². The minimum Gasteiger partial charge on any atom is -0.436 e. The second-order valence-corrected chi connectivity index (χ2v) is 6.21. The van der Waals surface area contributed by atoms with E-state index in [9.17, 15) is 5.11 Å². The topological polar surface area (TPSA) is 83.2 Å². The molecule has 3 aromatic heterocycles. The van der Waals surface area contributed by atoms with Gasteiger partial charge in [0.2, 0.25) is 5.88 Å². The lowest BCUT2D eigenvalue weighted by molar-refractivity contribution is 0.283. The molecule has 132 valence electrons. The molecule has 3 heterocycles. The van der Waals surface area contributed by atoms with Gasteiger partial charge in [0.05, 0.1) is 17.7 Å². The number of rotatable bonds is 7. The van der Waals surface area contributed by atoms with E-state index in [0.717, 1.165) is 41.0 Å². The molecule has 0 aromatic carbocycles. The van der Waals surface area contributed by atoms with Crippen molar-refractivity contribution in [1.82, 2.24) is 9.97 Å². The van der Waals surface area contributed by atoms with Crippen molar-refractivity contribution in [3.8, 4) is 0 Å². The van der Waals surface area contributed by atoms with Gasteiger partial charge in [0.25, 0.3) is 0 Å². The zero-order valence-corrected chi connectivity index (χ0v) is 14.8. The Balaban J connectivity index is 2.12. The largest absolute Gasteiger partial charge is 0.436 e. The minimum atomic E-state index is -0.107. The van der Waals surface area contributed by atoms with E-state index >= 15 is 0 Å². The summed E-state index contributed by atoms with van der Waals surface area (Å²) in [7, 11) is 0. The molecule has 3 N–H and O–H groups in total. The molecule has 6 nitrogen and oxygen atoms in total. The van der Waals surface area contributed by atoms with E-state index in [1.165, 1.54) is 0 Å². The van der Waals surface area contributed by atoms with E-state index in [-0.39, 0.29) is 12.6 Å². The number of aliphatic hydroxyl groups excluding tert-OH is 1. The standard InChI is InChI=1S/C19H24N4O2/c1-4-7-12(2)22-19-17(23-15-8-5-6-9-20-15)16-14(11-24)10-21-13(3)18(16)25-19/h5-6,8-10,12,22,24H,4,7,11H2,1-3H3,(H,20,23). The van der Waals surface area contributed by atoms with Crippen LogP contribution in [-0.4, -0.2) is 21.1 Å². The van der Waals surface area contributed by atoms with Crippen LogP contribution in [0, 0.1) is 6.92 Å². The van der Waals surface area contributed by atoms with Crippen molar-refractivity contribution in [2.45, 2.75) is 46.3 Å². The molecule has 1 unspecified atom stereocenters. The van der Waals surface area contributed by atoms with Crippen molar-refractivity contribution in [2.75, 3.05) is 10.6 Å². The highest BCUT2D eigenvalue weighted by atomic mass is 16.4. The summed E-state index contributed by atoms with van der Waals surface area (Å²) in [5.41, 5.74) is 2.97. The maximum Gasteiger partial charge on any atom is 0.218 e. The first-order chi connectivity index (χ1) is 12.1. The third kappa shape index (κ3) is 3.58. The van der Waals surface area contributed by atoms with Gasteiger partial charge in [-0.25, -0.2) is 4.98 Å². The molecule has 0 aliphatic heterocycles. The summed E-state index contributed by atoms with van der Waals surface area (Å²) < 4.78 is 6.09. The fourth-order valence-electron chi connectivity index (χ4n) is 2.92. The number of fused-ring (bicyclic) bond motifs is 1. The Labute approximate surface area is 147 Å². The van der Waals surface area contributed by atoms with Gasteiger partial charge in [0.15, 0.2) is 5.58 Å². The summed E-state index contributed by atoms with van der Waals surface area (Å²) >= 11 is 0. The van der Waals surface area contributed by atoms with E-state index in [4.69, 9.17) is 4.42 Å². The molecule has 0 saturated carbocycles. The highest BCUT2D eigenvalue weighted by Gasteiger charge is 2.21. The van der Waals surface area contributed by atoms with Crippen LogP contribution >= 0.6 is 0 Å². The number of nitrogens with zero attached hydrogens (tertiary/aromatic N) is 2. The molecular formula is C19H24N4O2. The average Bonchev–Trinajstić information content (AvgIpc) is 2.96. The second kappa shape index (κ2) is 7.53. The van der Waals surface area contributed by atoms with E-state index in [0.29, 0.717) is 11.5 Å². The maximum atomic E-state index is 9.75. The third-order valence-electron chi connectivity index (χ3n) is 4.16. The van der Waals surface area contributed by atoms with E-state index in [1.54, 1.807) is 12.4 Å². The zero-order chi connectivity index (χ0) is 17.8.